The topological polar surface area (TPSA) is 22.1 Å². The smallest absolute Gasteiger partial charge is 0.401 e. The van der Waals surface area contributed by atoms with Crippen LogP contribution in [0.25, 0.3) is 0 Å². The van der Waals surface area contributed by atoms with Crippen LogP contribution in [0, 0.1) is 5.82 Å². The van der Waals surface area contributed by atoms with E-state index in [0.717, 1.165) is 0 Å². The standard InChI is InChI=1S/C8H3F8NO/c9-2-4-6(18-8(14,15)16)3(10)1-5(17-4)7(11,12)13/h1H,2H2. The van der Waals surface area contributed by atoms with Crippen molar-refractivity contribution in [2.45, 2.75) is 19.2 Å². The van der Waals surface area contributed by atoms with Gasteiger partial charge in [0.1, 0.15) is 18.1 Å². The fourth-order valence-electron chi connectivity index (χ4n) is 1.01. The normalized spacial score (nSPS) is 12.7. The summed E-state index contributed by atoms with van der Waals surface area (Å²) in [7, 11) is 0. The van der Waals surface area contributed by atoms with Crippen molar-refractivity contribution in [2.24, 2.45) is 0 Å². The van der Waals surface area contributed by atoms with Crippen molar-refractivity contribution in [3.8, 4) is 5.75 Å². The monoisotopic (exact) mass is 281 g/mol. The highest BCUT2D eigenvalue weighted by Gasteiger charge is 2.38. The summed E-state index contributed by atoms with van der Waals surface area (Å²) in [5.41, 5.74) is -3.26. The fourth-order valence-corrected chi connectivity index (χ4v) is 1.01. The zero-order chi connectivity index (χ0) is 14.1. The molecule has 0 aliphatic rings. The van der Waals surface area contributed by atoms with Gasteiger partial charge >= 0.3 is 12.5 Å². The molecule has 102 valence electrons. The Labute approximate surface area is 94.2 Å². The Morgan fingerprint density at radius 1 is 1.11 bits per heavy atom. The number of nitrogens with zero attached hydrogens (tertiary/aromatic N) is 1. The van der Waals surface area contributed by atoms with Crippen LogP contribution < -0.4 is 4.74 Å². The lowest BCUT2D eigenvalue weighted by Crippen LogP contribution is -2.20. The minimum atomic E-state index is -5.37. The first-order chi connectivity index (χ1) is 8.04. The third-order valence-corrected chi connectivity index (χ3v) is 1.63. The lowest BCUT2D eigenvalue weighted by molar-refractivity contribution is -0.276. The van der Waals surface area contributed by atoms with Gasteiger partial charge in [-0.2, -0.15) is 13.2 Å². The van der Waals surface area contributed by atoms with E-state index in [1.54, 1.807) is 0 Å². The van der Waals surface area contributed by atoms with Crippen LogP contribution in [0.5, 0.6) is 5.75 Å². The number of rotatable bonds is 2. The van der Waals surface area contributed by atoms with Gasteiger partial charge in [-0.15, -0.1) is 13.2 Å². The Kier molecular flexibility index (Phi) is 3.67. The largest absolute Gasteiger partial charge is 0.573 e. The molecule has 0 radical (unpaired) electrons. The van der Waals surface area contributed by atoms with Crippen LogP contribution in [0.1, 0.15) is 11.4 Å². The summed E-state index contributed by atoms with van der Waals surface area (Å²) in [4.78, 5) is 2.54. The van der Waals surface area contributed by atoms with Gasteiger partial charge in [0.25, 0.3) is 0 Å². The Balaban J connectivity index is 3.29. The van der Waals surface area contributed by atoms with E-state index >= 15 is 0 Å². The molecule has 0 aliphatic heterocycles. The van der Waals surface area contributed by atoms with Crippen LogP contribution >= 0.6 is 0 Å². The molecule has 18 heavy (non-hydrogen) atoms. The van der Waals surface area contributed by atoms with E-state index in [1.807, 2.05) is 0 Å². The summed E-state index contributed by atoms with van der Waals surface area (Å²) in [6, 6.07) is -0.305. The maximum Gasteiger partial charge on any atom is 0.573 e. The number of halogens is 8. The van der Waals surface area contributed by atoms with E-state index in [4.69, 9.17) is 0 Å². The third-order valence-electron chi connectivity index (χ3n) is 1.63. The van der Waals surface area contributed by atoms with Crippen LogP contribution in [0.3, 0.4) is 0 Å². The summed E-state index contributed by atoms with van der Waals surface area (Å²) in [5.74, 6) is -3.71. The number of alkyl halides is 7. The van der Waals surface area contributed by atoms with Crippen molar-refractivity contribution in [3.63, 3.8) is 0 Å². The van der Waals surface area contributed by atoms with E-state index < -0.39 is 42.2 Å². The van der Waals surface area contributed by atoms with Gasteiger partial charge in [-0.1, -0.05) is 0 Å². The van der Waals surface area contributed by atoms with Gasteiger partial charge in [-0.05, 0) is 0 Å². The van der Waals surface area contributed by atoms with E-state index in [0.29, 0.717) is 0 Å². The first-order valence-electron chi connectivity index (χ1n) is 4.13. The minimum Gasteiger partial charge on any atom is -0.401 e. The summed E-state index contributed by atoms with van der Waals surface area (Å²) in [6.07, 6.45) is -10.5. The van der Waals surface area contributed by atoms with E-state index in [9.17, 15) is 35.1 Å². The molecule has 1 heterocycles. The fraction of sp³-hybridized carbons (Fsp3) is 0.375. The maximum atomic E-state index is 13.0. The zero-order valence-corrected chi connectivity index (χ0v) is 8.16. The predicted molar refractivity (Wildman–Crippen MR) is 40.7 cm³/mol. The maximum absolute atomic E-state index is 13.0. The van der Waals surface area contributed by atoms with Crippen molar-refractivity contribution in [3.05, 3.63) is 23.3 Å². The second kappa shape index (κ2) is 4.58. The van der Waals surface area contributed by atoms with Gasteiger partial charge in [0.2, 0.25) is 0 Å². The second-order valence-corrected chi connectivity index (χ2v) is 2.94. The molecule has 0 bridgehead atoms. The van der Waals surface area contributed by atoms with Gasteiger partial charge in [0.15, 0.2) is 11.6 Å². The Morgan fingerprint density at radius 3 is 2.06 bits per heavy atom. The molecule has 0 unspecified atom stereocenters. The first-order valence-corrected chi connectivity index (χ1v) is 4.13. The average molecular weight is 281 g/mol. The van der Waals surface area contributed by atoms with Crippen molar-refractivity contribution in [2.75, 3.05) is 0 Å². The molecule has 1 rings (SSSR count). The molecule has 0 atom stereocenters. The predicted octanol–water partition coefficient (Wildman–Crippen LogP) is 3.61. The summed E-state index contributed by atoms with van der Waals surface area (Å²) >= 11 is 0. The molecule has 0 saturated carbocycles. The van der Waals surface area contributed by atoms with Crippen LogP contribution in [0.4, 0.5) is 35.1 Å². The summed E-state index contributed by atoms with van der Waals surface area (Å²) < 4.78 is 100. The van der Waals surface area contributed by atoms with Gasteiger partial charge < -0.3 is 4.74 Å². The molecule has 0 aromatic carbocycles. The molecule has 10 heteroatoms. The zero-order valence-electron chi connectivity index (χ0n) is 8.16. The number of hydrogen-bond donors (Lipinski definition) is 0. The van der Waals surface area contributed by atoms with Gasteiger partial charge in [-0.25, -0.2) is 13.8 Å². The van der Waals surface area contributed by atoms with E-state index in [1.165, 1.54) is 0 Å². The Hall–Kier alpha value is -1.61. The number of pyridine rings is 1. The van der Waals surface area contributed by atoms with Crippen molar-refractivity contribution >= 4 is 0 Å². The highest BCUT2D eigenvalue weighted by molar-refractivity contribution is 5.32. The number of ether oxygens (including phenoxy) is 1. The van der Waals surface area contributed by atoms with Crippen molar-refractivity contribution in [1.29, 1.82) is 0 Å². The molecule has 1 aromatic rings. The molecule has 0 saturated heterocycles. The van der Waals surface area contributed by atoms with E-state index in [-0.39, 0.29) is 6.07 Å². The first kappa shape index (κ1) is 14.5. The molecule has 0 amide bonds. The SMILES string of the molecule is FCc1nc(C(F)(F)F)cc(F)c1OC(F)(F)F. The molecule has 0 aliphatic carbocycles. The minimum absolute atomic E-state index is 0.305. The van der Waals surface area contributed by atoms with Crippen LogP contribution in [-0.4, -0.2) is 11.3 Å². The molecule has 2 nitrogen and oxygen atoms in total. The molecule has 0 spiro atoms. The van der Waals surface area contributed by atoms with E-state index in [2.05, 4.69) is 9.72 Å². The summed E-state index contributed by atoms with van der Waals surface area (Å²) in [5, 5.41) is 0. The van der Waals surface area contributed by atoms with Crippen LogP contribution in [-0.2, 0) is 12.9 Å². The van der Waals surface area contributed by atoms with Crippen LogP contribution in [0.2, 0.25) is 0 Å². The number of aromatic nitrogens is 1. The highest BCUT2D eigenvalue weighted by atomic mass is 19.4. The quantitative estimate of drug-likeness (QED) is 0.772. The van der Waals surface area contributed by atoms with Gasteiger partial charge in [0.05, 0.1) is 0 Å². The highest BCUT2D eigenvalue weighted by Crippen LogP contribution is 2.34. The Bertz CT molecular complexity index is 438. The molecular formula is C8H3F8NO. The average Bonchev–Trinajstić information content (AvgIpc) is 2.17. The third kappa shape index (κ3) is 3.44. The number of hydrogen-bond acceptors (Lipinski definition) is 2. The van der Waals surface area contributed by atoms with Crippen molar-refractivity contribution < 1.29 is 39.9 Å². The molecular weight excluding hydrogens is 278 g/mol. The second-order valence-electron chi connectivity index (χ2n) is 2.94. The molecule has 0 fully saturated rings. The molecule has 1 aromatic heterocycles. The van der Waals surface area contributed by atoms with Gasteiger partial charge in [0, 0.05) is 6.07 Å². The Morgan fingerprint density at radius 2 is 1.67 bits per heavy atom. The lowest BCUT2D eigenvalue weighted by Gasteiger charge is -2.14. The lowest BCUT2D eigenvalue weighted by atomic mass is 10.2. The molecule has 0 N–H and O–H groups in total. The summed E-state index contributed by atoms with van der Waals surface area (Å²) in [6.45, 7) is -1.84. The van der Waals surface area contributed by atoms with Crippen LogP contribution in [0.15, 0.2) is 6.07 Å². The van der Waals surface area contributed by atoms with Gasteiger partial charge in [-0.3, -0.25) is 0 Å². The van der Waals surface area contributed by atoms with Crippen molar-refractivity contribution in [1.82, 2.24) is 4.98 Å².